The highest BCUT2D eigenvalue weighted by Crippen LogP contribution is 2.22. The number of carbonyl (C=O) groups is 1. The minimum absolute atomic E-state index is 0.0668. The summed E-state index contributed by atoms with van der Waals surface area (Å²) < 4.78 is 2.03. The van der Waals surface area contributed by atoms with Crippen molar-refractivity contribution in [3.05, 3.63) is 74.4 Å². The number of thiophene rings is 1. The van der Waals surface area contributed by atoms with E-state index in [0.717, 1.165) is 10.4 Å². The number of hydrogen-bond acceptors (Lipinski definition) is 4. The van der Waals surface area contributed by atoms with Crippen molar-refractivity contribution in [2.45, 2.75) is 20.0 Å². The van der Waals surface area contributed by atoms with Crippen molar-refractivity contribution in [1.29, 1.82) is 0 Å². The maximum Gasteiger partial charge on any atom is 0.261 e. The van der Waals surface area contributed by atoms with Crippen LogP contribution in [-0.4, -0.2) is 26.9 Å². The maximum absolute atomic E-state index is 12.7. The van der Waals surface area contributed by atoms with Crippen molar-refractivity contribution in [3.63, 3.8) is 0 Å². The fourth-order valence-corrected chi connectivity index (χ4v) is 3.83. The first kappa shape index (κ1) is 18.4. The van der Waals surface area contributed by atoms with E-state index in [2.05, 4.69) is 11.6 Å². The predicted molar refractivity (Wildman–Crippen MR) is 106 cm³/mol. The third-order valence-corrected chi connectivity index (χ3v) is 5.25. The Morgan fingerprint density at radius 1 is 1.38 bits per heavy atom. The topological polar surface area (TPSA) is 55.2 Å². The summed E-state index contributed by atoms with van der Waals surface area (Å²) in [6.45, 7) is 6.37. The van der Waals surface area contributed by atoms with Crippen molar-refractivity contribution < 1.29 is 4.79 Å². The fourth-order valence-electron chi connectivity index (χ4n) is 2.73. The number of aryl methyl sites for hydroxylation is 1. The number of amides is 1. The van der Waals surface area contributed by atoms with Crippen molar-refractivity contribution in [1.82, 2.24) is 14.5 Å². The van der Waals surface area contributed by atoms with Crippen LogP contribution in [0.1, 0.15) is 10.4 Å². The van der Waals surface area contributed by atoms with Crippen LogP contribution >= 0.6 is 22.9 Å². The standard InChI is InChI=1S/C19H18ClN3O2S/c1-3-9-22(10-14-7-8-16(20)26-14)17(24)11-23-12-21-18-13(2)5-4-6-15(18)19(23)25/h3-8,12H,1,9-11H2,2H3. The molecule has 26 heavy (non-hydrogen) atoms. The SMILES string of the molecule is C=CCN(Cc1ccc(Cl)s1)C(=O)Cn1cnc2c(C)cccc2c1=O. The Morgan fingerprint density at radius 3 is 2.88 bits per heavy atom. The molecule has 0 saturated carbocycles. The van der Waals surface area contributed by atoms with Gasteiger partial charge in [0.05, 0.1) is 28.1 Å². The summed E-state index contributed by atoms with van der Waals surface area (Å²) in [5.41, 5.74) is 1.38. The maximum atomic E-state index is 12.7. The lowest BCUT2D eigenvalue weighted by Gasteiger charge is -2.21. The molecule has 0 radical (unpaired) electrons. The summed E-state index contributed by atoms with van der Waals surface area (Å²) in [4.78, 5) is 32.4. The first-order valence-corrected chi connectivity index (χ1v) is 9.26. The number of hydrogen-bond donors (Lipinski definition) is 0. The number of halogens is 1. The van der Waals surface area contributed by atoms with Crippen LogP contribution in [0.15, 0.2) is 54.1 Å². The van der Waals surface area contributed by atoms with Gasteiger partial charge in [0.25, 0.3) is 5.56 Å². The normalized spacial score (nSPS) is 10.8. The molecule has 0 spiro atoms. The average molecular weight is 388 g/mol. The quantitative estimate of drug-likeness (QED) is 0.607. The first-order chi connectivity index (χ1) is 12.5. The molecule has 3 rings (SSSR count). The lowest BCUT2D eigenvalue weighted by atomic mass is 10.1. The van der Waals surface area contributed by atoms with E-state index in [9.17, 15) is 9.59 Å². The molecule has 0 aliphatic carbocycles. The number of fused-ring (bicyclic) bond motifs is 1. The number of para-hydroxylation sites is 1. The smallest absolute Gasteiger partial charge is 0.261 e. The van der Waals surface area contributed by atoms with E-state index >= 15 is 0 Å². The van der Waals surface area contributed by atoms with Gasteiger partial charge in [0, 0.05) is 11.4 Å². The zero-order chi connectivity index (χ0) is 18.7. The van der Waals surface area contributed by atoms with Crippen LogP contribution in [0.2, 0.25) is 4.34 Å². The number of rotatable bonds is 6. The van der Waals surface area contributed by atoms with Crippen LogP contribution in [0.25, 0.3) is 10.9 Å². The van der Waals surface area contributed by atoms with Crippen LogP contribution in [0.5, 0.6) is 0 Å². The Morgan fingerprint density at radius 2 is 2.19 bits per heavy atom. The molecule has 7 heteroatoms. The first-order valence-electron chi connectivity index (χ1n) is 8.07. The summed E-state index contributed by atoms with van der Waals surface area (Å²) in [7, 11) is 0. The van der Waals surface area contributed by atoms with E-state index in [1.165, 1.54) is 22.2 Å². The molecule has 2 heterocycles. The van der Waals surface area contributed by atoms with E-state index in [0.29, 0.717) is 28.3 Å². The van der Waals surface area contributed by atoms with Crippen LogP contribution in [0.4, 0.5) is 0 Å². The van der Waals surface area contributed by atoms with E-state index in [-0.39, 0.29) is 18.0 Å². The lowest BCUT2D eigenvalue weighted by Crippen LogP contribution is -2.36. The van der Waals surface area contributed by atoms with Gasteiger partial charge < -0.3 is 4.90 Å². The molecule has 0 fully saturated rings. The Bertz CT molecular complexity index is 1030. The molecule has 1 aromatic carbocycles. The zero-order valence-electron chi connectivity index (χ0n) is 14.3. The summed E-state index contributed by atoms with van der Waals surface area (Å²) >= 11 is 7.39. The molecule has 0 unspecified atom stereocenters. The van der Waals surface area contributed by atoms with Gasteiger partial charge in [-0.15, -0.1) is 17.9 Å². The highest BCUT2D eigenvalue weighted by atomic mass is 35.5. The molecule has 0 aliphatic rings. The van der Waals surface area contributed by atoms with Gasteiger partial charge in [-0.2, -0.15) is 0 Å². The van der Waals surface area contributed by atoms with Crippen molar-refractivity contribution >= 4 is 39.7 Å². The third kappa shape index (κ3) is 3.86. The van der Waals surface area contributed by atoms with Gasteiger partial charge in [0.1, 0.15) is 6.54 Å². The summed E-state index contributed by atoms with van der Waals surface area (Å²) in [6.07, 6.45) is 3.10. The molecule has 0 bridgehead atoms. The van der Waals surface area contributed by atoms with Crippen molar-refractivity contribution in [2.75, 3.05) is 6.54 Å². The zero-order valence-corrected chi connectivity index (χ0v) is 15.9. The van der Waals surface area contributed by atoms with Crippen LogP contribution < -0.4 is 5.56 Å². The number of carbonyl (C=O) groups excluding carboxylic acids is 1. The van der Waals surface area contributed by atoms with Gasteiger partial charge >= 0.3 is 0 Å². The summed E-state index contributed by atoms with van der Waals surface area (Å²) in [5, 5.41) is 0.514. The van der Waals surface area contributed by atoms with Gasteiger partial charge in [-0.05, 0) is 30.7 Å². The van der Waals surface area contributed by atoms with Gasteiger partial charge in [0.2, 0.25) is 5.91 Å². The number of benzene rings is 1. The molecule has 1 amide bonds. The second-order valence-corrected chi connectivity index (χ2v) is 7.72. The molecule has 0 aliphatic heterocycles. The molecule has 0 atom stereocenters. The largest absolute Gasteiger partial charge is 0.332 e. The van der Waals surface area contributed by atoms with E-state index in [4.69, 9.17) is 11.6 Å². The van der Waals surface area contributed by atoms with E-state index in [1.54, 1.807) is 23.1 Å². The van der Waals surface area contributed by atoms with Crippen molar-refractivity contribution in [3.8, 4) is 0 Å². The predicted octanol–water partition coefficient (Wildman–Crippen LogP) is 3.63. The molecular formula is C19H18ClN3O2S. The molecule has 3 aromatic rings. The molecule has 0 N–H and O–H groups in total. The molecule has 0 saturated heterocycles. The Hall–Kier alpha value is -2.44. The monoisotopic (exact) mass is 387 g/mol. The van der Waals surface area contributed by atoms with E-state index in [1.807, 2.05) is 25.1 Å². The number of nitrogens with zero attached hydrogens (tertiary/aromatic N) is 3. The molecular weight excluding hydrogens is 370 g/mol. The average Bonchev–Trinajstić information content (AvgIpc) is 3.02. The molecule has 2 aromatic heterocycles. The van der Waals surface area contributed by atoms with Crippen LogP contribution in [0, 0.1) is 6.92 Å². The van der Waals surface area contributed by atoms with Gasteiger partial charge in [-0.1, -0.05) is 29.8 Å². The van der Waals surface area contributed by atoms with Gasteiger partial charge in [-0.25, -0.2) is 4.98 Å². The highest BCUT2D eigenvalue weighted by molar-refractivity contribution is 7.16. The second-order valence-electron chi connectivity index (χ2n) is 5.92. The second kappa shape index (κ2) is 7.85. The molecule has 5 nitrogen and oxygen atoms in total. The molecule has 134 valence electrons. The minimum atomic E-state index is -0.218. The lowest BCUT2D eigenvalue weighted by molar-refractivity contribution is -0.131. The fraction of sp³-hybridized carbons (Fsp3) is 0.211. The van der Waals surface area contributed by atoms with Gasteiger partial charge in [0.15, 0.2) is 0 Å². The summed E-state index contributed by atoms with van der Waals surface area (Å²) in [5.74, 6) is -0.176. The Labute approximate surface area is 160 Å². The van der Waals surface area contributed by atoms with Crippen LogP contribution in [-0.2, 0) is 17.9 Å². The van der Waals surface area contributed by atoms with Crippen LogP contribution in [0.3, 0.4) is 0 Å². The van der Waals surface area contributed by atoms with Gasteiger partial charge in [-0.3, -0.25) is 14.2 Å². The minimum Gasteiger partial charge on any atom is -0.332 e. The third-order valence-electron chi connectivity index (χ3n) is 4.04. The Kier molecular flexibility index (Phi) is 5.54. The number of aromatic nitrogens is 2. The van der Waals surface area contributed by atoms with E-state index < -0.39 is 0 Å². The summed E-state index contributed by atoms with van der Waals surface area (Å²) in [6, 6.07) is 9.15. The van der Waals surface area contributed by atoms with Crippen molar-refractivity contribution in [2.24, 2.45) is 0 Å². The Balaban J connectivity index is 1.85. The highest BCUT2D eigenvalue weighted by Gasteiger charge is 2.16.